The van der Waals surface area contributed by atoms with Crippen LogP contribution in [0.15, 0.2) is 53.4 Å². The molecule has 0 N–H and O–H groups in total. The van der Waals surface area contributed by atoms with Gasteiger partial charge in [-0.05, 0) is 49.6 Å². The van der Waals surface area contributed by atoms with E-state index in [1.54, 1.807) is 17.0 Å². The Morgan fingerprint density at radius 2 is 1.89 bits per heavy atom. The number of hydrogen-bond donors (Lipinski definition) is 0. The van der Waals surface area contributed by atoms with Crippen LogP contribution in [0.5, 0.6) is 0 Å². The van der Waals surface area contributed by atoms with Gasteiger partial charge in [0.2, 0.25) is 0 Å². The number of piperidine rings is 1. The highest BCUT2D eigenvalue weighted by atomic mass is 32.2. The summed E-state index contributed by atoms with van der Waals surface area (Å²) in [5.41, 5.74) is 2.53. The molecule has 5 nitrogen and oxygen atoms in total. The van der Waals surface area contributed by atoms with Gasteiger partial charge in [-0.3, -0.25) is 9.69 Å². The Morgan fingerprint density at radius 1 is 1.18 bits per heavy atom. The summed E-state index contributed by atoms with van der Waals surface area (Å²) in [6.45, 7) is 4.57. The molecule has 3 rings (SSSR count). The lowest BCUT2D eigenvalue weighted by Crippen LogP contribution is -2.48. The topological polar surface area (TPSA) is 57.7 Å². The predicted molar refractivity (Wildman–Crippen MR) is 111 cm³/mol. The first-order chi connectivity index (χ1) is 13.3. The van der Waals surface area contributed by atoms with Gasteiger partial charge in [-0.15, -0.1) is 0 Å². The third-order valence-electron chi connectivity index (χ3n) is 5.47. The summed E-state index contributed by atoms with van der Waals surface area (Å²) >= 11 is 0. The highest BCUT2D eigenvalue weighted by Crippen LogP contribution is 2.22. The van der Waals surface area contributed by atoms with Gasteiger partial charge < -0.3 is 4.90 Å². The SMILES string of the molecule is Cc1ccc(S(C)(=O)=O)cc1C(=O)N(C)C1CCCN(Cc2ccccc2)C1. The van der Waals surface area contributed by atoms with Gasteiger partial charge in [-0.25, -0.2) is 8.42 Å². The van der Waals surface area contributed by atoms with Crippen LogP contribution in [-0.4, -0.2) is 56.6 Å². The molecule has 0 radical (unpaired) electrons. The van der Waals surface area contributed by atoms with Gasteiger partial charge in [0.15, 0.2) is 9.84 Å². The molecule has 1 fully saturated rings. The first-order valence-corrected chi connectivity index (χ1v) is 11.5. The number of benzene rings is 2. The van der Waals surface area contributed by atoms with Crippen molar-refractivity contribution < 1.29 is 13.2 Å². The Labute approximate surface area is 167 Å². The van der Waals surface area contributed by atoms with Gasteiger partial charge in [0.25, 0.3) is 5.91 Å². The Bertz CT molecular complexity index is 942. The number of nitrogens with zero attached hydrogens (tertiary/aromatic N) is 2. The number of sulfone groups is 1. The minimum atomic E-state index is -3.35. The molecule has 1 saturated heterocycles. The number of carbonyl (C=O) groups excluding carboxylic acids is 1. The van der Waals surface area contributed by atoms with E-state index in [0.717, 1.165) is 44.3 Å². The van der Waals surface area contributed by atoms with Crippen molar-refractivity contribution in [3.05, 3.63) is 65.2 Å². The van der Waals surface area contributed by atoms with Crippen LogP contribution in [0.3, 0.4) is 0 Å². The first-order valence-electron chi connectivity index (χ1n) is 9.60. The maximum absolute atomic E-state index is 13.1. The first kappa shape index (κ1) is 20.6. The van der Waals surface area contributed by atoms with E-state index < -0.39 is 9.84 Å². The summed E-state index contributed by atoms with van der Waals surface area (Å²) < 4.78 is 23.8. The zero-order valence-electron chi connectivity index (χ0n) is 16.8. The molecule has 1 aliphatic rings. The van der Waals surface area contributed by atoms with Crippen LogP contribution in [0.1, 0.15) is 34.3 Å². The van der Waals surface area contributed by atoms with E-state index in [2.05, 4.69) is 17.0 Å². The van der Waals surface area contributed by atoms with Gasteiger partial charge in [0.05, 0.1) is 4.90 Å². The molecule has 0 bridgehead atoms. The highest BCUT2D eigenvalue weighted by Gasteiger charge is 2.28. The van der Waals surface area contributed by atoms with Crippen molar-refractivity contribution in [3.8, 4) is 0 Å². The number of aryl methyl sites for hydroxylation is 1. The third-order valence-corrected chi connectivity index (χ3v) is 6.58. The summed E-state index contributed by atoms with van der Waals surface area (Å²) in [5.74, 6) is -0.116. The smallest absolute Gasteiger partial charge is 0.254 e. The molecule has 2 aromatic carbocycles. The molecule has 0 saturated carbocycles. The maximum atomic E-state index is 13.1. The summed E-state index contributed by atoms with van der Waals surface area (Å²) in [7, 11) is -1.52. The molecule has 1 amide bonds. The number of carbonyl (C=O) groups is 1. The Kier molecular flexibility index (Phi) is 6.20. The van der Waals surface area contributed by atoms with E-state index in [1.807, 2.05) is 32.2 Å². The lowest BCUT2D eigenvalue weighted by molar-refractivity contribution is 0.0608. The van der Waals surface area contributed by atoms with Crippen molar-refractivity contribution in [2.24, 2.45) is 0 Å². The fourth-order valence-electron chi connectivity index (χ4n) is 3.75. The number of likely N-dealkylation sites (N-methyl/N-ethyl adjacent to an activating group) is 1. The molecule has 1 aliphatic heterocycles. The van der Waals surface area contributed by atoms with E-state index >= 15 is 0 Å². The van der Waals surface area contributed by atoms with Crippen LogP contribution in [-0.2, 0) is 16.4 Å². The van der Waals surface area contributed by atoms with Crippen molar-refractivity contribution in [2.45, 2.75) is 37.2 Å². The quantitative estimate of drug-likeness (QED) is 0.774. The second kappa shape index (κ2) is 8.45. The van der Waals surface area contributed by atoms with Crippen LogP contribution in [0.25, 0.3) is 0 Å². The zero-order chi connectivity index (χ0) is 20.3. The van der Waals surface area contributed by atoms with Crippen molar-refractivity contribution in [3.63, 3.8) is 0 Å². The number of amides is 1. The molecule has 6 heteroatoms. The average molecular weight is 401 g/mol. The maximum Gasteiger partial charge on any atom is 0.254 e. The monoisotopic (exact) mass is 400 g/mol. The molecule has 1 atom stereocenters. The second-order valence-electron chi connectivity index (χ2n) is 7.68. The van der Waals surface area contributed by atoms with Gasteiger partial charge in [-0.1, -0.05) is 36.4 Å². The molecular formula is C22H28N2O3S. The van der Waals surface area contributed by atoms with Crippen LogP contribution < -0.4 is 0 Å². The molecule has 150 valence electrons. The average Bonchev–Trinajstić information content (AvgIpc) is 2.67. The number of hydrogen-bond acceptors (Lipinski definition) is 4. The third kappa shape index (κ3) is 4.80. The van der Waals surface area contributed by atoms with Crippen LogP contribution in [0.4, 0.5) is 0 Å². The van der Waals surface area contributed by atoms with Crippen LogP contribution in [0.2, 0.25) is 0 Å². The Morgan fingerprint density at radius 3 is 2.57 bits per heavy atom. The van der Waals surface area contributed by atoms with Gasteiger partial charge in [0.1, 0.15) is 0 Å². The van der Waals surface area contributed by atoms with Crippen molar-refractivity contribution in [1.29, 1.82) is 0 Å². The Balaban J connectivity index is 1.74. The standard InChI is InChI=1S/C22H28N2O3S/c1-17-11-12-20(28(3,26)27)14-21(17)22(25)23(2)19-10-7-13-24(16-19)15-18-8-5-4-6-9-18/h4-6,8-9,11-12,14,19H,7,10,13,15-16H2,1-3H3. The highest BCUT2D eigenvalue weighted by molar-refractivity contribution is 7.90. The minimum absolute atomic E-state index is 0.116. The van der Waals surface area contributed by atoms with Gasteiger partial charge in [0, 0.05) is 38.0 Å². The fraction of sp³-hybridized carbons (Fsp3) is 0.409. The van der Waals surface area contributed by atoms with E-state index in [1.165, 1.54) is 11.6 Å². The number of rotatable bonds is 5. The Hall–Kier alpha value is -2.18. The summed E-state index contributed by atoms with van der Waals surface area (Å²) in [6, 6.07) is 15.2. The molecule has 1 unspecified atom stereocenters. The van der Waals surface area contributed by atoms with Gasteiger partial charge in [-0.2, -0.15) is 0 Å². The van der Waals surface area contributed by atoms with Crippen molar-refractivity contribution in [2.75, 3.05) is 26.4 Å². The molecule has 1 heterocycles. The summed E-state index contributed by atoms with van der Waals surface area (Å²) in [5, 5.41) is 0. The van der Waals surface area contributed by atoms with Crippen molar-refractivity contribution >= 4 is 15.7 Å². The largest absolute Gasteiger partial charge is 0.337 e. The lowest BCUT2D eigenvalue weighted by Gasteiger charge is -2.38. The van der Waals surface area contributed by atoms with E-state index in [-0.39, 0.29) is 16.8 Å². The predicted octanol–water partition coefficient (Wildman–Crippen LogP) is 3.14. The van der Waals surface area contributed by atoms with E-state index in [0.29, 0.717) is 5.56 Å². The van der Waals surface area contributed by atoms with Crippen LogP contribution in [0, 0.1) is 6.92 Å². The lowest BCUT2D eigenvalue weighted by atomic mass is 10.0. The van der Waals surface area contributed by atoms with E-state index in [4.69, 9.17) is 0 Å². The normalized spacial score (nSPS) is 18.0. The second-order valence-corrected chi connectivity index (χ2v) is 9.70. The van der Waals surface area contributed by atoms with Crippen molar-refractivity contribution in [1.82, 2.24) is 9.80 Å². The molecule has 2 aromatic rings. The fourth-order valence-corrected chi connectivity index (χ4v) is 4.40. The zero-order valence-corrected chi connectivity index (χ0v) is 17.6. The van der Waals surface area contributed by atoms with E-state index in [9.17, 15) is 13.2 Å². The summed E-state index contributed by atoms with van der Waals surface area (Å²) in [4.78, 5) is 17.5. The van der Waals surface area contributed by atoms with Gasteiger partial charge >= 0.3 is 0 Å². The molecule has 0 aliphatic carbocycles. The summed E-state index contributed by atoms with van der Waals surface area (Å²) in [6.07, 6.45) is 3.16. The molecule has 0 spiro atoms. The molecule has 0 aromatic heterocycles. The molecular weight excluding hydrogens is 372 g/mol. The minimum Gasteiger partial charge on any atom is -0.337 e. The number of likely N-dealkylation sites (tertiary alicyclic amines) is 1. The molecule has 28 heavy (non-hydrogen) atoms. The van der Waals surface area contributed by atoms with Crippen LogP contribution >= 0.6 is 0 Å².